The second-order valence-corrected chi connectivity index (χ2v) is 11.3. The Balaban J connectivity index is 1.50. The van der Waals surface area contributed by atoms with Crippen molar-refractivity contribution in [2.45, 2.75) is 40.5 Å². The first-order valence-corrected chi connectivity index (χ1v) is 15.2. The molecule has 47 heavy (non-hydrogen) atoms. The van der Waals surface area contributed by atoms with Crippen LogP contribution in [0.25, 0.3) is 22.3 Å². The van der Waals surface area contributed by atoms with Crippen LogP contribution in [-0.2, 0) is 4.79 Å². The van der Waals surface area contributed by atoms with E-state index in [9.17, 15) is 19.7 Å². The van der Waals surface area contributed by atoms with Gasteiger partial charge in [0.05, 0.1) is 28.6 Å². The molecule has 0 saturated carbocycles. The largest absolute Gasteiger partial charge is 0.494 e. The zero-order valence-electron chi connectivity index (χ0n) is 26.8. The number of nitro groups is 1. The summed E-state index contributed by atoms with van der Waals surface area (Å²) < 4.78 is 12.6. The van der Waals surface area contributed by atoms with Crippen LogP contribution in [0.3, 0.4) is 0 Å². The summed E-state index contributed by atoms with van der Waals surface area (Å²) in [6.07, 6.45) is 1.36. The molecule has 0 unspecified atom stereocenters. The lowest BCUT2D eigenvalue weighted by Crippen LogP contribution is -2.21. The number of anilines is 1. The van der Waals surface area contributed by atoms with Gasteiger partial charge in [-0.15, -0.1) is 0 Å². The third-order valence-corrected chi connectivity index (χ3v) is 7.47. The van der Waals surface area contributed by atoms with Gasteiger partial charge in [0.15, 0.2) is 18.2 Å². The number of ether oxygens (including phenoxy) is 2. The van der Waals surface area contributed by atoms with Crippen LogP contribution in [-0.4, -0.2) is 39.9 Å². The zero-order chi connectivity index (χ0) is 33.7. The van der Waals surface area contributed by atoms with E-state index in [1.54, 1.807) is 36.4 Å². The Morgan fingerprint density at radius 2 is 1.77 bits per heavy atom. The number of hydrogen-bond acceptors (Lipinski definition) is 8. The maximum atomic E-state index is 13.8. The number of nitrogens with one attached hydrogen (secondary N) is 1. The number of amides is 1. The minimum atomic E-state index is -0.601. The summed E-state index contributed by atoms with van der Waals surface area (Å²) in [6.45, 7) is 9.99. The van der Waals surface area contributed by atoms with Crippen LogP contribution < -0.4 is 20.3 Å². The third-order valence-electron chi connectivity index (χ3n) is 7.47. The summed E-state index contributed by atoms with van der Waals surface area (Å²) in [5, 5.41) is 19.5. The molecule has 0 bridgehead atoms. The number of rotatable bonds is 11. The number of aromatic nitrogens is 2. The molecule has 5 rings (SSSR count). The van der Waals surface area contributed by atoms with E-state index in [0.717, 1.165) is 22.4 Å². The average Bonchev–Trinajstić information content (AvgIpc) is 3.04. The Labute approximate surface area is 271 Å². The molecule has 0 spiro atoms. The van der Waals surface area contributed by atoms with Crippen LogP contribution in [0.5, 0.6) is 11.5 Å². The summed E-state index contributed by atoms with van der Waals surface area (Å²) in [4.78, 5) is 42.4. The van der Waals surface area contributed by atoms with Crippen molar-refractivity contribution in [3.8, 4) is 22.9 Å². The van der Waals surface area contributed by atoms with Gasteiger partial charge in [0.2, 0.25) is 0 Å². The van der Waals surface area contributed by atoms with Gasteiger partial charge in [-0.2, -0.15) is 9.78 Å². The molecule has 0 fully saturated rings. The lowest BCUT2D eigenvalue weighted by molar-refractivity contribution is -0.385. The second kappa shape index (κ2) is 14.1. The lowest BCUT2D eigenvalue weighted by atomic mass is 9.96. The molecule has 0 radical (unpaired) electrons. The predicted molar refractivity (Wildman–Crippen MR) is 183 cm³/mol. The van der Waals surface area contributed by atoms with E-state index in [2.05, 4.69) is 24.3 Å². The smallest absolute Gasteiger partial charge is 0.311 e. The first-order chi connectivity index (χ1) is 22.5. The predicted octanol–water partition coefficient (Wildman–Crippen LogP) is 7.01. The SMILES string of the molecule is CCOc1cc(C)c(-c2nc3ccccc3c(=O)n2N=Cc2ccc(OCC(=O)Nc3ccc(C)cc3)c([N+](=O)[O-])c2)cc1C(C)C. The van der Waals surface area contributed by atoms with Gasteiger partial charge in [0.1, 0.15) is 5.75 Å². The van der Waals surface area contributed by atoms with Crippen LogP contribution in [0.15, 0.2) is 88.8 Å². The first kappa shape index (κ1) is 32.6. The average molecular weight is 634 g/mol. The molecule has 0 atom stereocenters. The highest BCUT2D eigenvalue weighted by molar-refractivity contribution is 5.92. The van der Waals surface area contributed by atoms with Crippen molar-refractivity contribution in [1.82, 2.24) is 9.66 Å². The Hall–Kier alpha value is -5.84. The van der Waals surface area contributed by atoms with Crippen molar-refractivity contribution in [2.24, 2.45) is 5.10 Å². The molecule has 1 N–H and O–H groups in total. The molecule has 0 aliphatic heterocycles. The van der Waals surface area contributed by atoms with E-state index in [1.165, 1.54) is 23.0 Å². The highest BCUT2D eigenvalue weighted by Crippen LogP contribution is 2.34. The topological polar surface area (TPSA) is 138 Å². The summed E-state index contributed by atoms with van der Waals surface area (Å²) in [6, 6.07) is 22.4. The number of nitrogens with zero attached hydrogens (tertiary/aromatic N) is 4. The highest BCUT2D eigenvalue weighted by Gasteiger charge is 2.20. The summed E-state index contributed by atoms with van der Waals surface area (Å²) in [5.74, 6) is 0.679. The molecule has 1 aromatic heterocycles. The van der Waals surface area contributed by atoms with E-state index in [0.29, 0.717) is 40.1 Å². The fourth-order valence-corrected chi connectivity index (χ4v) is 5.06. The van der Waals surface area contributed by atoms with Crippen molar-refractivity contribution in [3.05, 3.63) is 122 Å². The van der Waals surface area contributed by atoms with Crippen LogP contribution in [0.4, 0.5) is 11.4 Å². The number of benzene rings is 4. The van der Waals surface area contributed by atoms with Crippen LogP contribution >= 0.6 is 0 Å². The monoisotopic (exact) mass is 633 g/mol. The van der Waals surface area contributed by atoms with Gasteiger partial charge in [-0.1, -0.05) is 43.7 Å². The van der Waals surface area contributed by atoms with Gasteiger partial charge in [-0.3, -0.25) is 19.7 Å². The fraction of sp³-hybridized carbons (Fsp3) is 0.222. The van der Waals surface area contributed by atoms with E-state index in [-0.39, 0.29) is 17.4 Å². The van der Waals surface area contributed by atoms with Crippen LogP contribution in [0.1, 0.15) is 48.9 Å². The quantitative estimate of drug-likeness (QED) is 0.0938. The fourth-order valence-electron chi connectivity index (χ4n) is 5.06. The maximum absolute atomic E-state index is 13.8. The number of hydrogen-bond donors (Lipinski definition) is 1. The molecule has 1 amide bonds. The number of para-hydroxylation sites is 1. The van der Waals surface area contributed by atoms with Crippen molar-refractivity contribution in [3.63, 3.8) is 0 Å². The Bertz CT molecular complexity index is 2050. The van der Waals surface area contributed by atoms with Gasteiger partial charge in [0, 0.05) is 22.9 Å². The van der Waals surface area contributed by atoms with E-state index < -0.39 is 23.0 Å². The van der Waals surface area contributed by atoms with Crippen molar-refractivity contribution in [2.75, 3.05) is 18.5 Å². The molecule has 0 aliphatic rings. The molecule has 5 aromatic rings. The summed E-state index contributed by atoms with van der Waals surface area (Å²) in [7, 11) is 0. The molecule has 240 valence electrons. The number of fused-ring (bicyclic) bond motifs is 1. The van der Waals surface area contributed by atoms with Gasteiger partial charge < -0.3 is 14.8 Å². The van der Waals surface area contributed by atoms with E-state index in [1.807, 2.05) is 51.1 Å². The van der Waals surface area contributed by atoms with Gasteiger partial charge >= 0.3 is 5.69 Å². The lowest BCUT2D eigenvalue weighted by Gasteiger charge is -2.18. The van der Waals surface area contributed by atoms with Gasteiger partial charge in [-0.25, -0.2) is 4.98 Å². The van der Waals surface area contributed by atoms with Gasteiger partial charge in [0.25, 0.3) is 11.5 Å². The first-order valence-electron chi connectivity index (χ1n) is 15.2. The summed E-state index contributed by atoms with van der Waals surface area (Å²) in [5.41, 5.74) is 4.24. The van der Waals surface area contributed by atoms with Crippen molar-refractivity contribution < 1.29 is 19.2 Å². The zero-order valence-corrected chi connectivity index (χ0v) is 26.8. The molecule has 1 heterocycles. The van der Waals surface area contributed by atoms with Crippen molar-refractivity contribution in [1.29, 1.82) is 0 Å². The van der Waals surface area contributed by atoms with Crippen LogP contribution in [0, 0.1) is 24.0 Å². The second-order valence-electron chi connectivity index (χ2n) is 11.3. The summed E-state index contributed by atoms with van der Waals surface area (Å²) >= 11 is 0. The molecular formula is C36H35N5O6. The van der Waals surface area contributed by atoms with E-state index >= 15 is 0 Å². The number of nitro benzene ring substituents is 1. The maximum Gasteiger partial charge on any atom is 0.311 e. The minimum absolute atomic E-state index is 0.0809. The number of carbonyl (C=O) groups excluding carboxylic acids is 1. The van der Waals surface area contributed by atoms with Crippen molar-refractivity contribution >= 4 is 34.4 Å². The van der Waals surface area contributed by atoms with E-state index in [4.69, 9.17) is 14.5 Å². The molecule has 11 heteroatoms. The standard InChI is InChI=1S/C36H35N5O6/c1-6-46-33-17-24(5)29(19-28(33)22(2)3)35-39-30-10-8-7-9-27(30)36(43)40(35)37-20-25-13-16-32(31(18-25)41(44)45)47-21-34(42)38-26-14-11-23(4)12-15-26/h7-20,22H,6,21H2,1-5H3,(H,38,42). The minimum Gasteiger partial charge on any atom is -0.494 e. The van der Waals surface area contributed by atoms with Gasteiger partial charge in [-0.05, 0) is 86.3 Å². The normalized spacial score (nSPS) is 11.3. The number of carbonyl (C=O) groups is 1. The molecule has 0 saturated heterocycles. The third kappa shape index (κ3) is 7.36. The Kier molecular flexibility index (Phi) is 9.74. The molecule has 0 aliphatic carbocycles. The van der Waals surface area contributed by atoms with Crippen LogP contribution in [0.2, 0.25) is 0 Å². The molecular weight excluding hydrogens is 598 g/mol. The molecule has 4 aromatic carbocycles. The Morgan fingerprint density at radius 3 is 2.47 bits per heavy atom. The highest BCUT2D eigenvalue weighted by atomic mass is 16.6. The number of aryl methyl sites for hydroxylation is 2. The Morgan fingerprint density at radius 1 is 1.02 bits per heavy atom. The molecule has 11 nitrogen and oxygen atoms in total.